The lowest BCUT2D eigenvalue weighted by Crippen LogP contribution is -2.70. The Morgan fingerprint density at radius 1 is 1.67 bits per heavy atom. The number of hydrogen-bond acceptors (Lipinski definition) is 4. The number of carboxylic acid groups (broad SMARTS) is 1. The maximum Gasteiger partial charge on any atom is 0.305 e. The zero-order valence-electron chi connectivity index (χ0n) is 10.8. The van der Waals surface area contributed by atoms with E-state index < -0.39 is 5.97 Å². The van der Waals surface area contributed by atoms with Crippen molar-refractivity contribution in [3.63, 3.8) is 0 Å². The van der Waals surface area contributed by atoms with Crippen LogP contribution in [0.4, 0.5) is 0 Å². The van der Waals surface area contributed by atoms with Gasteiger partial charge < -0.3 is 10.4 Å². The SMILES string of the molecule is CC(Cc1cccs1)N(C)C1(CC(=O)O)CNC1. The third-order valence-electron chi connectivity index (χ3n) is 3.87. The average molecular weight is 268 g/mol. The van der Waals surface area contributed by atoms with Crippen molar-refractivity contribution in [2.45, 2.75) is 31.3 Å². The topological polar surface area (TPSA) is 52.6 Å². The second-order valence-electron chi connectivity index (χ2n) is 5.14. The summed E-state index contributed by atoms with van der Waals surface area (Å²) in [7, 11) is 2.04. The van der Waals surface area contributed by atoms with Gasteiger partial charge in [0.2, 0.25) is 0 Å². The third-order valence-corrected chi connectivity index (χ3v) is 4.77. The molecule has 100 valence electrons. The highest BCUT2D eigenvalue weighted by molar-refractivity contribution is 7.09. The zero-order valence-corrected chi connectivity index (χ0v) is 11.7. The molecule has 0 spiro atoms. The number of carbonyl (C=O) groups is 1. The van der Waals surface area contributed by atoms with Gasteiger partial charge in [0, 0.05) is 24.0 Å². The summed E-state index contributed by atoms with van der Waals surface area (Å²) in [6.07, 6.45) is 1.20. The predicted molar refractivity (Wildman–Crippen MR) is 73.1 cm³/mol. The van der Waals surface area contributed by atoms with Crippen LogP contribution in [0.15, 0.2) is 17.5 Å². The lowest BCUT2D eigenvalue weighted by atomic mass is 9.85. The van der Waals surface area contributed by atoms with Crippen molar-refractivity contribution < 1.29 is 9.90 Å². The van der Waals surface area contributed by atoms with Gasteiger partial charge in [-0.1, -0.05) is 6.07 Å². The Bertz CT molecular complexity index is 401. The zero-order chi connectivity index (χ0) is 13.2. The molecule has 4 nitrogen and oxygen atoms in total. The standard InChI is InChI=1S/C13H20N2O2S/c1-10(6-11-4-3-5-18-11)15(2)13(7-12(16)17)8-14-9-13/h3-5,10,14H,6-9H2,1-2H3,(H,16,17). The van der Waals surface area contributed by atoms with Crippen molar-refractivity contribution in [3.8, 4) is 0 Å². The fraction of sp³-hybridized carbons (Fsp3) is 0.615. The van der Waals surface area contributed by atoms with Crippen molar-refractivity contribution in [2.24, 2.45) is 0 Å². The molecule has 0 aliphatic carbocycles. The van der Waals surface area contributed by atoms with Crippen LogP contribution >= 0.6 is 11.3 Å². The molecule has 1 unspecified atom stereocenters. The van der Waals surface area contributed by atoms with Crippen LogP contribution in [0, 0.1) is 0 Å². The van der Waals surface area contributed by atoms with Crippen molar-refractivity contribution in [1.29, 1.82) is 0 Å². The minimum atomic E-state index is -0.716. The maximum absolute atomic E-state index is 11.0. The van der Waals surface area contributed by atoms with Crippen molar-refractivity contribution in [1.82, 2.24) is 10.2 Å². The van der Waals surface area contributed by atoms with Crippen LogP contribution in [-0.2, 0) is 11.2 Å². The summed E-state index contributed by atoms with van der Waals surface area (Å²) in [4.78, 5) is 14.6. The van der Waals surface area contributed by atoms with Crippen LogP contribution in [-0.4, -0.2) is 47.7 Å². The summed E-state index contributed by atoms with van der Waals surface area (Å²) in [5.41, 5.74) is -0.206. The number of thiophene rings is 1. The first kappa shape index (κ1) is 13.5. The largest absolute Gasteiger partial charge is 0.481 e. The molecule has 0 aromatic carbocycles. The molecule has 1 atom stereocenters. The molecular formula is C13H20N2O2S. The van der Waals surface area contributed by atoms with Crippen LogP contribution in [0.5, 0.6) is 0 Å². The van der Waals surface area contributed by atoms with Gasteiger partial charge in [-0.15, -0.1) is 11.3 Å². The Hall–Kier alpha value is -0.910. The first-order valence-electron chi connectivity index (χ1n) is 6.21. The Labute approximate surface area is 112 Å². The molecule has 1 aliphatic rings. The normalized spacial score (nSPS) is 19.5. The summed E-state index contributed by atoms with van der Waals surface area (Å²) >= 11 is 1.76. The molecule has 18 heavy (non-hydrogen) atoms. The minimum Gasteiger partial charge on any atom is -0.481 e. The average Bonchev–Trinajstić information content (AvgIpc) is 2.74. The van der Waals surface area contributed by atoms with Crippen LogP contribution in [0.1, 0.15) is 18.2 Å². The molecule has 0 saturated carbocycles. The van der Waals surface area contributed by atoms with Crippen molar-refractivity contribution >= 4 is 17.3 Å². The second-order valence-corrected chi connectivity index (χ2v) is 6.17. The van der Waals surface area contributed by atoms with E-state index in [4.69, 9.17) is 5.11 Å². The van der Waals surface area contributed by atoms with E-state index in [-0.39, 0.29) is 12.0 Å². The number of rotatable bonds is 6. The number of aliphatic carboxylic acids is 1. The van der Waals surface area contributed by atoms with E-state index in [1.807, 2.05) is 7.05 Å². The van der Waals surface area contributed by atoms with Crippen LogP contribution in [0.25, 0.3) is 0 Å². The number of carboxylic acids is 1. The maximum atomic E-state index is 11.0. The third kappa shape index (κ3) is 2.74. The highest BCUT2D eigenvalue weighted by Gasteiger charge is 2.44. The van der Waals surface area contributed by atoms with Crippen molar-refractivity contribution in [2.75, 3.05) is 20.1 Å². The van der Waals surface area contributed by atoms with E-state index in [1.165, 1.54) is 4.88 Å². The fourth-order valence-corrected chi connectivity index (χ4v) is 3.34. The van der Waals surface area contributed by atoms with E-state index in [9.17, 15) is 4.79 Å². The second kappa shape index (κ2) is 5.38. The molecule has 2 rings (SSSR count). The molecule has 1 aromatic heterocycles. The smallest absolute Gasteiger partial charge is 0.305 e. The molecule has 0 amide bonds. The molecule has 1 aromatic rings. The Morgan fingerprint density at radius 2 is 2.39 bits per heavy atom. The summed E-state index contributed by atoms with van der Waals surface area (Å²) in [6, 6.07) is 4.55. The fourth-order valence-electron chi connectivity index (χ4n) is 2.52. The molecule has 1 fully saturated rings. The molecule has 0 radical (unpaired) electrons. The molecule has 5 heteroatoms. The molecule has 0 bridgehead atoms. The van der Waals surface area contributed by atoms with Gasteiger partial charge in [0.25, 0.3) is 0 Å². The molecule has 2 N–H and O–H groups in total. The van der Waals surface area contributed by atoms with Gasteiger partial charge >= 0.3 is 5.97 Å². The van der Waals surface area contributed by atoms with Crippen LogP contribution in [0.2, 0.25) is 0 Å². The van der Waals surface area contributed by atoms with Crippen LogP contribution < -0.4 is 5.32 Å². The van der Waals surface area contributed by atoms with E-state index in [0.29, 0.717) is 6.04 Å². The van der Waals surface area contributed by atoms with E-state index in [0.717, 1.165) is 19.5 Å². The summed E-state index contributed by atoms with van der Waals surface area (Å²) in [5.74, 6) is -0.716. The first-order valence-corrected chi connectivity index (χ1v) is 7.09. The lowest BCUT2D eigenvalue weighted by molar-refractivity contribution is -0.142. The number of nitrogens with zero attached hydrogens (tertiary/aromatic N) is 1. The molecular weight excluding hydrogens is 248 g/mol. The number of hydrogen-bond donors (Lipinski definition) is 2. The Kier molecular flexibility index (Phi) is 4.04. The summed E-state index contributed by atoms with van der Waals surface area (Å²) < 4.78 is 0. The highest BCUT2D eigenvalue weighted by Crippen LogP contribution is 2.27. The Balaban J connectivity index is 2.00. The van der Waals surface area contributed by atoms with Gasteiger partial charge in [-0.3, -0.25) is 9.69 Å². The van der Waals surface area contributed by atoms with Gasteiger partial charge in [-0.05, 0) is 31.8 Å². The minimum absolute atomic E-state index is 0.206. The van der Waals surface area contributed by atoms with Gasteiger partial charge in [-0.2, -0.15) is 0 Å². The van der Waals surface area contributed by atoms with Crippen molar-refractivity contribution in [3.05, 3.63) is 22.4 Å². The summed E-state index contributed by atoms with van der Waals surface area (Å²) in [6.45, 7) is 3.71. The van der Waals surface area contributed by atoms with Gasteiger partial charge in [0.05, 0.1) is 12.0 Å². The number of nitrogens with one attached hydrogen (secondary N) is 1. The van der Waals surface area contributed by atoms with Crippen LogP contribution in [0.3, 0.4) is 0 Å². The van der Waals surface area contributed by atoms with E-state index in [1.54, 1.807) is 11.3 Å². The van der Waals surface area contributed by atoms with Gasteiger partial charge in [-0.25, -0.2) is 0 Å². The Morgan fingerprint density at radius 3 is 2.83 bits per heavy atom. The highest BCUT2D eigenvalue weighted by atomic mass is 32.1. The molecule has 1 saturated heterocycles. The van der Waals surface area contributed by atoms with Gasteiger partial charge in [0.1, 0.15) is 0 Å². The summed E-state index contributed by atoms with van der Waals surface area (Å²) in [5, 5.41) is 14.3. The first-order chi connectivity index (χ1) is 8.53. The molecule has 2 heterocycles. The van der Waals surface area contributed by atoms with E-state index in [2.05, 4.69) is 34.7 Å². The predicted octanol–water partition coefficient (Wildman–Crippen LogP) is 1.43. The monoisotopic (exact) mass is 268 g/mol. The lowest BCUT2D eigenvalue weighted by Gasteiger charge is -2.50. The number of likely N-dealkylation sites (N-methyl/N-ethyl adjacent to an activating group) is 1. The quantitative estimate of drug-likeness (QED) is 0.819. The van der Waals surface area contributed by atoms with Gasteiger partial charge in [0.15, 0.2) is 0 Å². The van der Waals surface area contributed by atoms with E-state index >= 15 is 0 Å². The molecule has 1 aliphatic heterocycles.